The van der Waals surface area contributed by atoms with E-state index >= 15 is 0 Å². The van der Waals surface area contributed by atoms with E-state index in [1.54, 1.807) is 25.3 Å². The van der Waals surface area contributed by atoms with Crippen LogP contribution in [-0.2, 0) is 6.54 Å². The Morgan fingerprint density at radius 1 is 1.06 bits per heavy atom. The number of rotatable bonds is 7. The monoisotopic (exact) mass is 468 g/mol. The van der Waals surface area contributed by atoms with Crippen molar-refractivity contribution in [2.45, 2.75) is 6.54 Å². The van der Waals surface area contributed by atoms with Gasteiger partial charge in [-0.3, -0.25) is 0 Å². The fourth-order valence-electron chi connectivity index (χ4n) is 3.19. The van der Waals surface area contributed by atoms with E-state index < -0.39 is 5.97 Å². The second-order valence-electron chi connectivity index (χ2n) is 6.92. The Labute approximate surface area is 194 Å². The van der Waals surface area contributed by atoms with Crippen molar-refractivity contribution in [2.24, 2.45) is 0 Å². The van der Waals surface area contributed by atoms with Crippen molar-refractivity contribution >= 4 is 40.7 Å². The fraction of sp³-hybridized carbons (Fsp3) is 0.0870. The minimum Gasteiger partial charge on any atom is -0.497 e. The summed E-state index contributed by atoms with van der Waals surface area (Å²) in [4.78, 5) is 11.7. The molecule has 0 atom stereocenters. The Kier molecular flexibility index (Phi) is 6.30. The lowest BCUT2D eigenvalue weighted by Crippen LogP contribution is -2.09. The predicted octanol–water partition coefficient (Wildman–Crippen LogP) is 5.75. The van der Waals surface area contributed by atoms with Crippen molar-refractivity contribution in [1.82, 2.24) is 15.0 Å². The molecule has 0 saturated heterocycles. The van der Waals surface area contributed by atoms with Crippen LogP contribution in [0.3, 0.4) is 0 Å². The molecule has 1 heterocycles. The van der Waals surface area contributed by atoms with Gasteiger partial charge in [-0.15, -0.1) is 5.10 Å². The predicted molar refractivity (Wildman–Crippen MR) is 124 cm³/mol. The highest BCUT2D eigenvalue weighted by Gasteiger charge is 2.20. The van der Waals surface area contributed by atoms with E-state index in [2.05, 4.69) is 15.6 Å². The number of hydrogen-bond acceptors (Lipinski definition) is 5. The molecule has 9 heteroatoms. The molecule has 0 radical (unpaired) electrons. The van der Waals surface area contributed by atoms with Gasteiger partial charge in [-0.2, -0.15) is 0 Å². The number of nitrogens with zero attached hydrogens (tertiary/aromatic N) is 3. The van der Waals surface area contributed by atoms with Gasteiger partial charge >= 0.3 is 5.97 Å². The molecule has 0 fully saturated rings. The van der Waals surface area contributed by atoms with Crippen LogP contribution >= 0.6 is 23.2 Å². The van der Waals surface area contributed by atoms with Crippen LogP contribution in [0.25, 0.3) is 11.1 Å². The number of benzene rings is 3. The number of aromatic nitrogens is 3. The molecule has 0 bridgehead atoms. The molecule has 0 aliphatic rings. The third-order valence-corrected chi connectivity index (χ3v) is 5.38. The first-order chi connectivity index (χ1) is 15.4. The summed E-state index contributed by atoms with van der Waals surface area (Å²) in [5, 5.41) is 21.6. The van der Waals surface area contributed by atoms with Gasteiger partial charge in [0.1, 0.15) is 5.75 Å². The summed E-state index contributed by atoms with van der Waals surface area (Å²) in [6, 6.07) is 20.1. The lowest BCUT2D eigenvalue weighted by Gasteiger charge is -2.12. The molecule has 4 aromatic rings. The van der Waals surface area contributed by atoms with Crippen LogP contribution in [0.1, 0.15) is 16.1 Å². The van der Waals surface area contributed by atoms with Crippen LogP contribution in [0, 0.1) is 0 Å². The van der Waals surface area contributed by atoms with Gasteiger partial charge in [0, 0.05) is 16.3 Å². The van der Waals surface area contributed by atoms with Crippen molar-refractivity contribution in [3.8, 4) is 16.9 Å². The molecule has 0 spiro atoms. The first kappa shape index (κ1) is 21.7. The first-order valence-corrected chi connectivity index (χ1v) is 10.3. The van der Waals surface area contributed by atoms with Crippen LogP contribution in [0.15, 0.2) is 66.7 Å². The lowest BCUT2D eigenvalue weighted by molar-refractivity contribution is 0.0691. The van der Waals surface area contributed by atoms with E-state index in [9.17, 15) is 9.90 Å². The average Bonchev–Trinajstić information content (AvgIpc) is 3.17. The molecule has 0 aliphatic carbocycles. The topological polar surface area (TPSA) is 89.3 Å². The third kappa shape index (κ3) is 4.69. The van der Waals surface area contributed by atoms with E-state index in [1.807, 2.05) is 48.5 Å². The molecule has 0 aliphatic heterocycles. The highest BCUT2D eigenvalue weighted by atomic mass is 35.5. The lowest BCUT2D eigenvalue weighted by atomic mass is 10.1. The number of ether oxygens (including phenoxy) is 1. The smallest absolute Gasteiger partial charge is 0.360 e. The molecular weight excluding hydrogens is 451 g/mol. The molecule has 4 rings (SSSR count). The van der Waals surface area contributed by atoms with Crippen LogP contribution < -0.4 is 10.1 Å². The summed E-state index contributed by atoms with van der Waals surface area (Å²) in [5.74, 6) is -0.201. The Hall–Kier alpha value is -3.55. The summed E-state index contributed by atoms with van der Waals surface area (Å²) in [6.07, 6.45) is 0. The van der Waals surface area contributed by atoms with E-state index in [0.717, 1.165) is 22.4 Å². The quantitative estimate of drug-likeness (QED) is 0.358. The van der Waals surface area contributed by atoms with Crippen LogP contribution in [0.5, 0.6) is 5.75 Å². The van der Waals surface area contributed by atoms with Gasteiger partial charge in [0.15, 0.2) is 5.82 Å². The number of nitrogens with one attached hydrogen (secondary N) is 1. The largest absolute Gasteiger partial charge is 0.497 e. The second kappa shape index (κ2) is 9.30. The summed E-state index contributed by atoms with van der Waals surface area (Å²) in [7, 11) is 1.59. The minimum absolute atomic E-state index is 0.184. The average molecular weight is 469 g/mol. The van der Waals surface area contributed by atoms with E-state index in [4.69, 9.17) is 27.9 Å². The van der Waals surface area contributed by atoms with Gasteiger partial charge in [0.05, 0.1) is 18.7 Å². The summed E-state index contributed by atoms with van der Waals surface area (Å²) < 4.78 is 6.66. The maximum absolute atomic E-state index is 11.7. The van der Waals surface area contributed by atoms with Crippen LogP contribution in [0.2, 0.25) is 10.0 Å². The Balaban J connectivity index is 1.62. The molecule has 0 unspecified atom stereocenters. The zero-order valence-electron chi connectivity index (χ0n) is 16.9. The van der Waals surface area contributed by atoms with Gasteiger partial charge in [0.25, 0.3) is 0 Å². The molecular formula is C23H18Cl2N4O3. The Bertz CT molecular complexity index is 1260. The maximum atomic E-state index is 11.7. The van der Waals surface area contributed by atoms with Gasteiger partial charge in [-0.25, -0.2) is 9.48 Å². The summed E-state index contributed by atoms with van der Waals surface area (Å²) in [6.45, 7) is 0.323. The minimum atomic E-state index is -1.18. The van der Waals surface area contributed by atoms with Crippen LogP contribution in [-0.4, -0.2) is 33.2 Å². The fourth-order valence-corrected chi connectivity index (χ4v) is 3.60. The molecule has 1 aromatic heterocycles. The normalized spacial score (nSPS) is 10.7. The first-order valence-electron chi connectivity index (χ1n) is 9.57. The zero-order valence-corrected chi connectivity index (χ0v) is 18.4. The number of carboxylic acids is 1. The molecule has 3 aromatic carbocycles. The van der Waals surface area contributed by atoms with Gasteiger partial charge in [-0.05, 0) is 47.5 Å². The van der Waals surface area contributed by atoms with Crippen molar-refractivity contribution in [3.05, 3.63) is 88.0 Å². The van der Waals surface area contributed by atoms with Crippen LogP contribution in [0.4, 0.5) is 11.5 Å². The number of methoxy groups -OCH3 is 1. The van der Waals surface area contributed by atoms with Gasteiger partial charge in [-0.1, -0.05) is 58.7 Å². The van der Waals surface area contributed by atoms with E-state index in [0.29, 0.717) is 22.3 Å². The highest BCUT2D eigenvalue weighted by Crippen LogP contribution is 2.32. The number of aromatic carboxylic acids is 1. The second-order valence-corrected chi connectivity index (χ2v) is 7.77. The molecule has 162 valence electrons. The molecule has 0 saturated carbocycles. The SMILES string of the molecule is COc1ccc(Cn2nnc(C(=O)O)c2Nc2ccc(-c3ccc(Cl)cc3)c(Cl)c2)cc1. The number of anilines is 2. The zero-order chi connectivity index (χ0) is 22.7. The van der Waals surface area contributed by atoms with Crippen molar-refractivity contribution < 1.29 is 14.6 Å². The van der Waals surface area contributed by atoms with Gasteiger partial charge in [0.2, 0.25) is 5.69 Å². The maximum Gasteiger partial charge on any atom is 0.360 e. The summed E-state index contributed by atoms with van der Waals surface area (Å²) >= 11 is 12.5. The number of carboxylic acid groups (broad SMARTS) is 1. The molecule has 7 nitrogen and oxygen atoms in total. The third-order valence-electron chi connectivity index (χ3n) is 4.82. The Morgan fingerprint density at radius 2 is 1.78 bits per heavy atom. The highest BCUT2D eigenvalue weighted by molar-refractivity contribution is 6.33. The molecule has 2 N–H and O–H groups in total. The number of hydrogen-bond donors (Lipinski definition) is 2. The molecule has 0 amide bonds. The van der Waals surface area contributed by atoms with E-state index in [1.165, 1.54) is 4.68 Å². The van der Waals surface area contributed by atoms with Crippen molar-refractivity contribution in [1.29, 1.82) is 0 Å². The van der Waals surface area contributed by atoms with Crippen molar-refractivity contribution in [2.75, 3.05) is 12.4 Å². The van der Waals surface area contributed by atoms with Crippen molar-refractivity contribution in [3.63, 3.8) is 0 Å². The number of carbonyl (C=O) groups is 1. The molecule has 32 heavy (non-hydrogen) atoms. The summed E-state index contributed by atoms with van der Waals surface area (Å²) in [5.41, 5.74) is 3.08. The Morgan fingerprint density at radius 3 is 2.41 bits per heavy atom. The standard InChI is InChI=1S/C23H18Cl2N4O3/c1-32-18-9-2-14(3-10-18)13-29-22(21(23(30)31)27-28-29)26-17-8-11-19(20(25)12-17)15-4-6-16(24)7-5-15/h2-12,26H,13H2,1H3,(H,30,31). The van der Waals surface area contributed by atoms with Gasteiger partial charge < -0.3 is 15.2 Å². The number of halogens is 2. The van der Waals surface area contributed by atoms with E-state index in [-0.39, 0.29) is 11.5 Å².